The zero-order chi connectivity index (χ0) is 25.9. The standard InChI is InChI=1S/C30H43N3O3S/c1-17-10-27-28(31-15-17)19(3)30(36-27)9-8-22-23-7-6-21-11-26-20(16-33(32-26)37(5,34)35)14-29(21,4)25(23)12-24(22)18(2)13-30/h16-17,19,21-23,25,27H,6-15H2,1-5H3/t17-,19+,21+,22-,23-,25-,27+,29-,30-/m0/s1. The molecule has 0 amide bonds. The average Bonchev–Trinajstić information content (AvgIpc) is 3.46. The van der Waals surface area contributed by atoms with E-state index in [1.54, 1.807) is 17.3 Å². The Morgan fingerprint density at radius 1 is 1.14 bits per heavy atom. The van der Waals surface area contributed by atoms with Crippen LogP contribution in [0.25, 0.3) is 0 Å². The van der Waals surface area contributed by atoms with Gasteiger partial charge in [0.15, 0.2) is 0 Å². The fourth-order valence-electron chi connectivity index (χ4n) is 9.90. The highest BCUT2D eigenvalue weighted by atomic mass is 32.2. The van der Waals surface area contributed by atoms with Gasteiger partial charge in [-0.05, 0) is 105 Å². The largest absolute Gasteiger partial charge is 0.365 e. The van der Waals surface area contributed by atoms with Crippen LogP contribution < -0.4 is 0 Å². The second-order valence-corrected chi connectivity index (χ2v) is 15.8. The number of nitrogens with zero attached hydrogens (tertiary/aromatic N) is 3. The topological polar surface area (TPSA) is 73.5 Å². The lowest BCUT2D eigenvalue weighted by Gasteiger charge is -2.52. The van der Waals surface area contributed by atoms with Crippen LogP contribution in [-0.4, -0.2) is 47.8 Å². The van der Waals surface area contributed by atoms with Gasteiger partial charge in [0.1, 0.15) is 0 Å². The van der Waals surface area contributed by atoms with E-state index in [1.807, 2.05) is 0 Å². The SMILES string of the molecule is CC1=C2C[C@H]3[C@@H](CC[C@@H]4Cc5nn(S(C)(=O)=O)cc5C[C@@]43C)[C@@H]2CC[C@@]2(C1)O[C@@H]1C[C@H](C)CN=C1[C@H]2C. The second-order valence-electron chi connectivity index (χ2n) is 14.0. The van der Waals surface area contributed by atoms with Gasteiger partial charge < -0.3 is 4.74 Å². The molecule has 7 heteroatoms. The van der Waals surface area contributed by atoms with Crippen LogP contribution in [0.5, 0.6) is 0 Å². The maximum Gasteiger partial charge on any atom is 0.250 e. The van der Waals surface area contributed by atoms with Crippen LogP contribution in [0.15, 0.2) is 22.3 Å². The molecule has 1 saturated heterocycles. The van der Waals surface area contributed by atoms with Gasteiger partial charge in [0.05, 0.1) is 23.7 Å². The molecule has 4 aliphatic carbocycles. The van der Waals surface area contributed by atoms with Crippen LogP contribution in [0.1, 0.15) is 83.9 Å². The molecular formula is C30H43N3O3S. The van der Waals surface area contributed by atoms with Crippen molar-refractivity contribution in [2.24, 2.45) is 45.9 Å². The molecule has 202 valence electrons. The Hall–Kier alpha value is -1.47. The molecule has 6 nitrogen and oxygen atoms in total. The highest BCUT2D eigenvalue weighted by molar-refractivity contribution is 7.89. The van der Waals surface area contributed by atoms with Crippen molar-refractivity contribution >= 4 is 15.7 Å². The first-order valence-electron chi connectivity index (χ1n) is 14.7. The molecule has 1 spiro atoms. The molecule has 3 fully saturated rings. The van der Waals surface area contributed by atoms with E-state index >= 15 is 0 Å². The van der Waals surface area contributed by atoms with E-state index in [4.69, 9.17) is 9.73 Å². The molecule has 37 heavy (non-hydrogen) atoms. The molecule has 0 bridgehead atoms. The van der Waals surface area contributed by atoms with E-state index < -0.39 is 10.0 Å². The summed E-state index contributed by atoms with van der Waals surface area (Å²) in [6, 6.07) is 0. The molecule has 0 N–H and O–H groups in total. The molecule has 0 radical (unpaired) electrons. The van der Waals surface area contributed by atoms with Gasteiger partial charge in [-0.15, -0.1) is 0 Å². The van der Waals surface area contributed by atoms with Crippen LogP contribution in [0.2, 0.25) is 0 Å². The number of fused-ring (bicyclic) bond motifs is 7. The summed E-state index contributed by atoms with van der Waals surface area (Å²) in [4.78, 5) is 5.02. The summed E-state index contributed by atoms with van der Waals surface area (Å²) < 4.78 is 32.5. The van der Waals surface area contributed by atoms with Crippen molar-refractivity contribution < 1.29 is 13.2 Å². The van der Waals surface area contributed by atoms with Gasteiger partial charge in [-0.3, -0.25) is 4.99 Å². The summed E-state index contributed by atoms with van der Waals surface area (Å²) in [5, 5.41) is 4.51. The van der Waals surface area contributed by atoms with Crippen LogP contribution in [0.3, 0.4) is 0 Å². The lowest BCUT2D eigenvalue weighted by molar-refractivity contribution is -0.0689. The molecule has 0 unspecified atom stereocenters. The minimum Gasteiger partial charge on any atom is -0.365 e. The van der Waals surface area contributed by atoms with Crippen molar-refractivity contribution in [3.05, 3.63) is 28.6 Å². The summed E-state index contributed by atoms with van der Waals surface area (Å²) in [5.41, 5.74) is 7.02. The first-order chi connectivity index (χ1) is 17.5. The number of rotatable bonds is 1. The monoisotopic (exact) mass is 525 g/mol. The van der Waals surface area contributed by atoms with Crippen molar-refractivity contribution in [1.29, 1.82) is 0 Å². The van der Waals surface area contributed by atoms with Gasteiger partial charge >= 0.3 is 0 Å². The van der Waals surface area contributed by atoms with Crippen LogP contribution >= 0.6 is 0 Å². The number of allylic oxidation sites excluding steroid dienone is 1. The first kappa shape index (κ1) is 24.6. The van der Waals surface area contributed by atoms with Crippen LogP contribution in [0.4, 0.5) is 0 Å². The lowest BCUT2D eigenvalue weighted by Crippen LogP contribution is -2.47. The second kappa shape index (κ2) is 8.03. The fourth-order valence-corrected chi connectivity index (χ4v) is 10.5. The molecule has 1 aromatic rings. The van der Waals surface area contributed by atoms with Crippen molar-refractivity contribution in [2.45, 2.75) is 97.2 Å². The normalized spacial score (nSPS) is 45.0. The van der Waals surface area contributed by atoms with E-state index in [9.17, 15) is 8.42 Å². The minimum atomic E-state index is -3.34. The van der Waals surface area contributed by atoms with Crippen molar-refractivity contribution in [1.82, 2.24) is 9.19 Å². The molecule has 2 saturated carbocycles. The highest BCUT2D eigenvalue weighted by Gasteiger charge is 2.59. The maximum atomic E-state index is 12.2. The fraction of sp³-hybridized carbons (Fsp3) is 0.800. The quantitative estimate of drug-likeness (QED) is 0.472. The summed E-state index contributed by atoms with van der Waals surface area (Å²) in [5.74, 6) is 3.75. The molecule has 3 heterocycles. The van der Waals surface area contributed by atoms with Crippen molar-refractivity contribution in [2.75, 3.05) is 12.8 Å². The Morgan fingerprint density at radius 3 is 2.73 bits per heavy atom. The number of hydrogen-bond donors (Lipinski definition) is 0. The number of hydrogen-bond acceptors (Lipinski definition) is 5. The predicted molar refractivity (Wildman–Crippen MR) is 145 cm³/mol. The highest BCUT2D eigenvalue weighted by Crippen LogP contribution is 2.64. The molecular weight excluding hydrogens is 482 g/mol. The first-order valence-corrected chi connectivity index (χ1v) is 16.5. The van der Waals surface area contributed by atoms with Gasteiger partial charge in [-0.2, -0.15) is 9.19 Å². The smallest absolute Gasteiger partial charge is 0.250 e. The van der Waals surface area contributed by atoms with Crippen LogP contribution in [-0.2, 0) is 27.6 Å². The number of aromatic nitrogens is 2. The third kappa shape index (κ3) is 3.54. The molecule has 2 aliphatic heterocycles. The lowest BCUT2D eigenvalue weighted by atomic mass is 9.52. The molecule has 9 atom stereocenters. The molecule has 1 aromatic heterocycles. The van der Waals surface area contributed by atoms with Gasteiger partial charge in [0.25, 0.3) is 10.0 Å². The van der Waals surface area contributed by atoms with Gasteiger partial charge in [-0.25, -0.2) is 8.42 Å². The van der Waals surface area contributed by atoms with E-state index in [2.05, 4.69) is 32.8 Å². The number of aliphatic imine (C=N–C) groups is 1. The zero-order valence-electron chi connectivity index (χ0n) is 23.2. The minimum absolute atomic E-state index is 0.0639. The molecule has 7 rings (SSSR count). The predicted octanol–water partition coefficient (Wildman–Crippen LogP) is 5.21. The van der Waals surface area contributed by atoms with Gasteiger partial charge in [-0.1, -0.05) is 31.9 Å². The van der Waals surface area contributed by atoms with Crippen LogP contribution in [0, 0.1) is 40.9 Å². The maximum absolute atomic E-state index is 12.2. The van der Waals surface area contributed by atoms with E-state index in [0.29, 0.717) is 29.6 Å². The summed E-state index contributed by atoms with van der Waals surface area (Å²) in [6.45, 7) is 10.6. The molecule has 0 aromatic carbocycles. The Bertz CT molecular complexity index is 1310. The summed E-state index contributed by atoms with van der Waals surface area (Å²) >= 11 is 0. The average molecular weight is 526 g/mol. The van der Waals surface area contributed by atoms with E-state index in [-0.39, 0.29) is 17.1 Å². The van der Waals surface area contributed by atoms with Gasteiger partial charge in [0, 0.05) is 24.4 Å². The zero-order valence-corrected chi connectivity index (χ0v) is 24.0. The third-order valence-electron chi connectivity index (χ3n) is 11.9. The number of ether oxygens (including phenoxy) is 1. The Morgan fingerprint density at radius 2 is 1.95 bits per heavy atom. The van der Waals surface area contributed by atoms with Crippen molar-refractivity contribution in [3.8, 4) is 0 Å². The third-order valence-corrected chi connectivity index (χ3v) is 12.8. The van der Waals surface area contributed by atoms with Crippen molar-refractivity contribution in [3.63, 3.8) is 0 Å². The summed E-state index contributed by atoms with van der Waals surface area (Å²) in [7, 11) is -3.34. The van der Waals surface area contributed by atoms with Gasteiger partial charge in [0.2, 0.25) is 0 Å². The van der Waals surface area contributed by atoms with E-state index in [1.165, 1.54) is 41.7 Å². The van der Waals surface area contributed by atoms with E-state index in [0.717, 1.165) is 55.8 Å². The Labute approximate surface area is 222 Å². The molecule has 6 aliphatic rings. The Kier molecular flexibility index (Phi) is 5.33. The Balaban J connectivity index is 1.18. The summed E-state index contributed by atoms with van der Waals surface area (Å²) in [6.07, 6.45) is 13.5.